The summed E-state index contributed by atoms with van der Waals surface area (Å²) in [7, 11) is 0. The molecule has 0 saturated carbocycles. The van der Waals surface area contributed by atoms with Crippen LogP contribution in [0.4, 0.5) is 5.82 Å². The van der Waals surface area contributed by atoms with Crippen molar-refractivity contribution < 1.29 is 14.6 Å². The van der Waals surface area contributed by atoms with Crippen LogP contribution in [0.1, 0.15) is 10.5 Å². The van der Waals surface area contributed by atoms with Gasteiger partial charge < -0.3 is 14.7 Å². The summed E-state index contributed by atoms with van der Waals surface area (Å²) >= 11 is 0. The number of morpholine rings is 1. The summed E-state index contributed by atoms with van der Waals surface area (Å²) < 4.78 is 5.20. The van der Waals surface area contributed by atoms with E-state index in [0.29, 0.717) is 19.0 Å². The Balaban J connectivity index is 0.00000128. The Morgan fingerprint density at radius 2 is 2.00 bits per heavy atom. The van der Waals surface area contributed by atoms with Crippen LogP contribution in [0.2, 0.25) is 0 Å². The largest absolute Gasteiger partial charge is 0.476 e. The van der Waals surface area contributed by atoms with Gasteiger partial charge >= 0.3 is 5.97 Å². The van der Waals surface area contributed by atoms with Crippen LogP contribution in [-0.4, -0.2) is 47.6 Å². The van der Waals surface area contributed by atoms with Crippen molar-refractivity contribution in [2.45, 2.75) is 0 Å². The first-order valence-corrected chi connectivity index (χ1v) is 4.67. The van der Waals surface area contributed by atoms with Crippen molar-refractivity contribution in [2.24, 2.45) is 0 Å². The van der Waals surface area contributed by atoms with E-state index in [1.165, 1.54) is 6.07 Å². The Morgan fingerprint density at radius 1 is 1.31 bits per heavy atom. The fraction of sp³-hybridized carbons (Fsp3) is 0.444. The highest BCUT2D eigenvalue weighted by molar-refractivity contribution is 5.85. The maximum atomic E-state index is 10.6. The fourth-order valence-corrected chi connectivity index (χ4v) is 1.40. The van der Waals surface area contributed by atoms with E-state index in [-0.39, 0.29) is 18.1 Å². The number of aromatic carboxylic acids is 1. The van der Waals surface area contributed by atoms with Gasteiger partial charge in [0.15, 0.2) is 11.5 Å². The first-order valence-electron chi connectivity index (χ1n) is 4.67. The van der Waals surface area contributed by atoms with Crippen LogP contribution in [-0.2, 0) is 4.74 Å². The molecular weight excluding hydrogens is 234 g/mol. The first-order chi connectivity index (χ1) is 7.27. The molecule has 0 bridgehead atoms. The van der Waals surface area contributed by atoms with Gasteiger partial charge in [0.2, 0.25) is 0 Å². The predicted molar refractivity (Wildman–Crippen MR) is 59.3 cm³/mol. The van der Waals surface area contributed by atoms with Crippen molar-refractivity contribution >= 4 is 24.2 Å². The number of halogens is 1. The van der Waals surface area contributed by atoms with Crippen LogP contribution < -0.4 is 4.90 Å². The summed E-state index contributed by atoms with van der Waals surface area (Å²) in [5, 5.41) is 16.1. The number of ether oxygens (including phenoxy) is 1. The quantitative estimate of drug-likeness (QED) is 0.815. The second-order valence-electron chi connectivity index (χ2n) is 3.18. The second-order valence-corrected chi connectivity index (χ2v) is 3.18. The zero-order valence-electron chi connectivity index (χ0n) is 8.50. The molecule has 1 aromatic heterocycles. The number of rotatable bonds is 2. The minimum atomic E-state index is -1.06. The van der Waals surface area contributed by atoms with Gasteiger partial charge in [-0.1, -0.05) is 0 Å². The Kier molecular flexibility index (Phi) is 4.45. The molecule has 0 amide bonds. The highest BCUT2D eigenvalue weighted by Crippen LogP contribution is 2.11. The Bertz CT molecular complexity index is 352. The lowest BCUT2D eigenvalue weighted by Gasteiger charge is -2.27. The van der Waals surface area contributed by atoms with Crippen molar-refractivity contribution in [3.8, 4) is 0 Å². The molecule has 0 aromatic carbocycles. The van der Waals surface area contributed by atoms with Gasteiger partial charge in [-0.25, -0.2) is 4.79 Å². The summed E-state index contributed by atoms with van der Waals surface area (Å²) in [6, 6.07) is 3.13. The molecule has 0 unspecified atom stereocenters. The maximum Gasteiger partial charge on any atom is 0.356 e. The highest BCUT2D eigenvalue weighted by atomic mass is 35.5. The third-order valence-electron chi connectivity index (χ3n) is 2.20. The summed E-state index contributed by atoms with van der Waals surface area (Å²) in [6.07, 6.45) is 0. The Labute approximate surface area is 98.6 Å². The van der Waals surface area contributed by atoms with Crippen LogP contribution in [0.25, 0.3) is 0 Å². The molecule has 0 spiro atoms. The third kappa shape index (κ3) is 2.80. The van der Waals surface area contributed by atoms with Crippen molar-refractivity contribution in [1.82, 2.24) is 10.2 Å². The van der Waals surface area contributed by atoms with Crippen molar-refractivity contribution in [3.63, 3.8) is 0 Å². The summed E-state index contributed by atoms with van der Waals surface area (Å²) in [4.78, 5) is 12.6. The van der Waals surface area contributed by atoms with E-state index in [1.54, 1.807) is 6.07 Å². The SMILES string of the molecule is Cl.O=C(O)c1ccc(N2CCOCC2)nn1. The molecule has 7 heteroatoms. The van der Waals surface area contributed by atoms with Crippen molar-refractivity contribution in [1.29, 1.82) is 0 Å². The van der Waals surface area contributed by atoms with E-state index < -0.39 is 5.97 Å². The van der Waals surface area contributed by atoms with Gasteiger partial charge in [0.05, 0.1) is 13.2 Å². The van der Waals surface area contributed by atoms with Crippen molar-refractivity contribution in [2.75, 3.05) is 31.2 Å². The maximum absolute atomic E-state index is 10.6. The molecule has 1 aliphatic heterocycles. The van der Waals surface area contributed by atoms with E-state index in [2.05, 4.69) is 10.2 Å². The summed E-state index contributed by atoms with van der Waals surface area (Å²) in [5.41, 5.74) is -0.0352. The van der Waals surface area contributed by atoms with E-state index in [1.807, 2.05) is 4.90 Å². The van der Waals surface area contributed by atoms with Crippen LogP contribution in [0.5, 0.6) is 0 Å². The molecule has 1 saturated heterocycles. The average Bonchev–Trinajstić information content (AvgIpc) is 2.30. The molecule has 0 aliphatic carbocycles. The Morgan fingerprint density at radius 3 is 2.50 bits per heavy atom. The zero-order valence-corrected chi connectivity index (χ0v) is 9.31. The fourth-order valence-electron chi connectivity index (χ4n) is 1.40. The third-order valence-corrected chi connectivity index (χ3v) is 2.20. The molecule has 6 nitrogen and oxygen atoms in total. The molecule has 1 fully saturated rings. The number of nitrogens with zero attached hydrogens (tertiary/aromatic N) is 3. The first kappa shape index (κ1) is 12.7. The lowest BCUT2D eigenvalue weighted by Crippen LogP contribution is -2.36. The minimum absolute atomic E-state index is 0. The van der Waals surface area contributed by atoms with E-state index in [0.717, 1.165) is 13.1 Å². The lowest BCUT2D eigenvalue weighted by molar-refractivity contribution is 0.0689. The number of hydrogen-bond donors (Lipinski definition) is 1. The summed E-state index contributed by atoms with van der Waals surface area (Å²) in [6.45, 7) is 2.87. The van der Waals surface area contributed by atoms with Crippen molar-refractivity contribution in [3.05, 3.63) is 17.8 Å². The van der Waals surface area contributed by atoms with Crippen LogP contribution in [0, 0.1) is 0 Å². The van der Waals surface area contributed by atoms with Gasteiger partial charge in [0, 0.05) is 13.1 Å². The Hall–Kier alpha value is -1.40. The van der Waals surface area contributed by atoms with E-state index in [4.69, 9.17) is 9.84 Å². The average molecular weight is 246 g/mol. The van der Waals surface area contributed by atoms with Gasteiger partial charge in [-0.2, -0.15) is 0 Å². The van der Waals surface area contributed by atoms with Gasteiger partial charge in [0.1, 0.15) is 0 Å². The molecule has 1 N–H and O–H groups in total. The van der Waals surface area contributed by atoms with Crippen LogP contribution in [0.15, 0.2) is 12.1 Å². The van der Waals surface area contributed by atoms with Gasteiger partial charge in [-0.05, 0) is 12.1 Å². The molecule has 1 aliphatic rings. The van der Waals surface area contributed by atoms with E-state index >= 15 is 0 Å². The topological polar surface area (TPSA) is 75.5 Å². The van der Waals surface area contributed by atoms with Crippen LogP contribution in [0.3, 0.4) is 0 Å². The second kappa shape index (κ2) is 5.62. The molecular formula is C9H12ClN3O3. The number of carbonyl (C=O) groups is 1. The highest BCUT2D eigenvalue weighted by Gasteiger charge is 2.13. The number of carboxylic acid groups (broad SMARTS) is 1. The predicted octanol–water partition coefficient (Wildman–Crippen LogP) is 0.433. The number of hydrogen-bond acceptors (Lipinski definition) is 5. The molecule has 0 radical (unpaired) electrons. The minimum Gasteiger partial charge on any atom is -0.476 e. The molecule has 2 rings (SSSR count). The summed E-state index contributed by atoms with van der Waals surface area (Å²) in [5.74, 6) is -0.362. The molecule has 2 heterocycles. The normalized spacial score (nSPS) is 15.4. The monoisotopic (exact) mass is 245 g/mol. The lowest BCUT2D eigenvalue weighted by atomic mass is 10.3. The smallest absolute Gasteiger partial charge is 0.356 e. The standard InChI is InChI=1S/C9H11N3O3.ClH/c13-9(14)7-1-2-8(11-10-7)12-3-5-15-6-4-12;/h1-2H,3-6H2,(H,13,14);1H. The molecule has 1 aromatic rings. The zero-order chi connectivity index (χ0) is 10.7. The number of aromatic nitrogens is 2. The molecule has 0 atom stereocenters. The molecule has 16 heavy (non-hydrogen) atoms. The van der Waals surface area contributed by atoms with Gasteiger partial charge in [-0.3, -0.25) is 0 Å². The number of anilines is 1. The van der Waals surface area contributed by atoms with Gasteiger partial charge in [-0.15, -0.1) is 22.6 Å². The van der Waals surface area contributed by atoms with Gasteiger partial charge in [0.25, 0.3) is 0 Å². The van der Waals surface area contributed by atoms with E-state index in [9.17, 15) is 4.79 Å². The van der Waals surface area contributed by atoms with Crippen LogP contribution >= 0.6 is 12.4 Å². The number of carboxylic acids is 1. The molecule has 88 valence electrons.